The highest BCUT2D eigenvalue weighted by atomic mass is 35.5. The quantitative estimate of drug-likeness (QED) is 0.779. The molecule has 0 aliphatic carbocycles. The lowest BCUT2D eigenvalue weighted by Gasteiger charge is -1.96. The number of thiophene rings is 1. The summed E-state index contributed by atoms with van der Waals surface area (Å²) in [4.78, 5) is 1.22. The molecule has 2 rings (SSSR count). The van der Waals surface area contributed by atoms with Gasteiger partial charge in [0.2, 0.25) is 0 Å². The summed E-state index contributed by atoms with van der Waals surface area (Å²) in [5.41, 5.74) is 2.30. The van der Waals surface area contributed by atoms with Gasteiger partial charge in [0.25, 0.3) is 0 Å². The Hall–Kier alpha value is -0.800. The Kier molecular flexibility index (Phi) is 2.66. The van der Waals surface area contributed by atoms with Crippen molar-refractivity contribution in [2.45, 2.75) is 6.42 Å². The number of nitrogens with zero attached hydrogens (tertiary/aromatic N) is 1. The minimum Gasteiger partial charge on any atom is -0.277 e. The van der Waals surface area contributed by atoms with Crippen LogP contribution in [-0.4, -0.2) is 16.1 Å². The number of nitrogens with one attached hydrogen (secondary N) is 1. The van der Waals surface area contributed by atoms with E-state index in [4.69, 9.17) is 11.6 Å². The first-order chi connectivity index (χ1) is 6.42. The van der Waals surface area contributed by atoms with E-state index in [1.54, 1.807) is 11.3 Å². The number of aryl methyl sites for hydroxylation is 1. The highest BCUT2D eigenvalue weighted by Gasteiger charge is 2.06. The third-order valence-electron chi connectivity index (χ3n) is 1.85. The van der Waals surface area contributed by atoms with Crippen LogP contribution in [0.25, 0.3) is 10.6 Å². The Morgan fingerprint density at radius 1 is 1.54 bits per heavy atom. The summed E-state index contributed by atoms with van der Waals surface area (Å²) in [6.07, 6.45) is 2.71. The van der Waals surface area contributed by atoms with E-state index in [9.17, 15) is 0 Å². The Labute approximate surface area is 85.6 Å². The van der Waals surface area contributed by atoms with Gasteiger partial charge in [0, 0.05) is 5.88 Å². The van der Waals surface area contributed by atoms with Crippen LogP contribution >= 0.6 is 22.9 Å². The van der Waals surface area contributed by atoms with Crippen LogP contribution in [0.3, 0.4) is 0 Å². The maximum Gasteiger partial charge on any atom is 0.0782 e. The normalized spacial score (nSPS) is 10.5. The lowest BCUT2D eigenvalue weighted by molar-refractivity contribution is 1.10. The molecule has 0 fully saturated rings. The number of alkyl halides is 1. The second-order valence-electron chi connectivity index (χ2n) is 2.69. The zero-order valence-corrected chi connectivity index (χ0v) is 8.53. The maximum absolute atomic E-state index is 5.69. The number of H-pyrrole nitrogens is 1. The zero-order chi connectivity index (χ0) is 9.10. The highest BCUT2D eigenvalue weighted by molar-refractivity contribution is 7.13. The molecule has 13 heavy (non-hydrogen) atoms. The van der Waals surface area contributed by atoms with Crippen LogP contribution < -0.4 is 0 Å². The van der Waals surface area contributed by atoms with E-state index in [0.29, 0.717) is 5.88 Å². The lowest BCUT2D eigenvalue weighted by atomic mass is 10.2. The molecule has 1 N–H and O–H groups in total. The molecule has 0 bridgehead atoms. The summed E-state index contributed by atoms with van der Waals surface area (Å²) in [6, 6.07) is 4.11. The summed E-state index contributed by atoms with van der Waals surface area (Å²) in [5.74, 6) is 0.637. The topological polar surface area (TPSA) is 28.7 Å². The molecule has 0 radical (unpaired) electrons. The summed E-state index contributed by atoms with van der Waals surface area (Å²) < 4.78 is 0. The standard InChI is InChI=1S/C9H9ClN2S/c10-4-3-7-6-11-12-9(7)8-2-1-5-13-8/h1-2,5-6H,3-4H2,(H,11,12). The minimum absolute atomic E-state index is 0.637. The molecule has 0 saturated heterocycles. The van der Waals surface area contributed by atoms with Gasteiger partial charge in [0.1, 0.15) is 0 Å². The van der Waals surface area contributed by atoms with E-state index in [2.05, 4.69) is 21.6 Å². The van der Waals surface area contributed by atoms with Crippen molar-refractivity contribution in [1.82, 2.24) is 10.2 Å². The molecular formula is C9H9ClN2S. The molecule has 0 unspecified atom stereocenters. The van der Waals surface area contributed by atoms with Crippen molar-refractivity contribution in [2.75, 3.05) is 5.88 Å². The molecule has 0 atom stereocenters. The SMILES string of the molecule is ClCCc1cn[nH]c1-c1cccs1. The molecule has 0 saturated carbocycles. The monoisotopic (exact) mass is 212 g/mol. The fraction of sp³-hybridized carbons (Fsp3) is 0.222. The summed E-state index contributed by atoms with van der Waals surface area (Å²) in [5, 5.41) is 9.07. The number of hydrogen-bond donors (Lipinski definition) is 1. The smallest absolute Gasteiger partial charge is 0.0782 e. The van der Waals surface area contributed by atoms with Crippen molar-refractivity contribution in [2.24, 2.45) is 0 Å². The van der Waals surface area contributed by atoms with Crippen LogP contribution in [0.15, 0.2) is 23.7 Å². The van der Waals surface area contributed by atoms with Gasteiger partial charge in [-0.15, -0.1) is 22.9 Å². The van der Waals surface area contributed by atoms with Crippen LogP contribution in [0.1, 0.15) is 5.56 Å². The van der Waals surface area contributed by atoms with Gasteiger partial charge in [-0.25, -0.2) is 0 Å². The van der Waals surface area contributed by atoms with Gasteiger partial charge >= 0.3 is 0 Å². The number of halogens is 1. The molecule has 4 heteroatoms. The first kappa shape index (κ1) is 8.78. The molecule has 2 aromatic heterocycles. The van der Waals surface area contributed by atoms with Crippen molar-refractivity contribution in [3.63, 3.8) is 0 Å². The van der Waals surface area contributed by atoms with Crippen LogP contribution in [0, 0.1) is 0 Å². The molecule has 2 nitrogen and oxygen atoms in total. The fourth-order valence-corrected chi connectivity index (χ4v) is 2.20. The lowest BCUT2D eigenvalue weighted by Crippen LogP contribution is -1.85. The summed E-state index contributed by atoms with van der Waals surface area (Å²) >= 11 is 7.39. The van der Waals surface area contributed by atoms with Crippen LogP contribution in [0.5, 0.6) is 0 Å². The van der Waals surface area contributed by atoms with E-state index in [1.165, 1.54) is 10.4 Å². The molecule has 2 heterocycles. The Balaban J connectivity index is 2.35. The number of aromatic amines is 1. The van der Waals surface area contributed by atoms with Gasteiger partial charge in [-0.1, -0.05) is 6.07 Å². The molecule has 0 aliphatic heterocycles. The van der Waals surface area contributed by atoms with Gasteiger partial charge in [0.05, 0.1) is 16.8 Å². The van der Waals surface area contributed by atoms with Crippen molar-refractivity contribution < 1.29 is 0 Å². The number of aromatic nitrogens is 2. The maximum atomic E-state index is 5.69. The van der Waals surface area contributed by atoms with E-state index < -0.39 is 0 Å². The predicted molar refractivity (Wildman–Crippen MR) is 56.3 cm³/mol. The Morgan fingerprint density at radius 3 is 3.15 bits per heavy atom. The molecule has 0 aliphatic rings. The largest absolute Gasteiger partial charge is 0.277 e. The molecule has 68 valence electrons. The van der Waals surface area contributed by atoms with Crippen LogP contribution in [-0.2, 0) is 6.42 Å². The third-order valence-corrected chi connectivity index (χ3v) is 2.93. The number of hydrogen-bond acceptors (Lipinski definition) is 2. The predicted octanol–water partition coefficient (Wildman–Crippen LogP) is 2.92. The molecule has 0 spiro atoms. The number of rotatable bonds is 3. The minimum atomic E-state index is 0.637. The van der Waals surface area contributed by atoms with Crippen LogP contribution in [0.2, 0.25) is 0 Å². The fourth-order valence-electron chi connectivity index (χ4n) is 1.24. The van der Waals surface area contributed by atoms with Crippen molar-refractivity contribution in [3.05, 3.63) is 29.3 Å². The van der Waals surface area contributed by atoms with Gasteiger partial charge < -0.3 is 0 Å². The van der Waals surface area contributed by atoms with Crippen molar-refractivity contribution in [3.8, 4) is 10.6 Å². The van der Waals surface area contributed by atoms with Gasteiger partial charge in [-0.2, -0.15) is 5.10 Å². The van der Waals surface area contributed by atoms with E-state index >= 15 is 0 Å². The Morgan fingerprint density at radius 2 is 2.46 bits per heavy atom. The second kappa shape index (κ2) is 3.94. The van der Waals surface area contributed by atoms with Crippen molar-refractivity contribution >= 4 is 22.9 Å². The van der Waals surface area contributed by atoms with E-state index in [-0.39, 0.29) is 0 Å². The third kappa shape index (κ3) is 1.76. The average Bonchev–Trinajstić information content (AvgIpc) is 2.71. The second-order valence-corrected chi connectivity index (χ2v) is 4.01. The first-order valence-corrected chi connectivity index (χ1v) is 5.45. The first-order valence-electron chi connectivity index (χ1n) is 4.04. The summed E-state index contributed by atoms with van der Waals surface area (Å²) in [7, 11) is 0. The summed E-state index contributed by atoms with van der Waals surface area (Å²) in [6.45, 7) is 0. The van der Waals surface area contributed by atoms with Gasteiger partial charge in [-0.3, -0.25) is 5.10 Å². The van der Waals surface area contributed by atoms with Crippen LogP contribution in [0.4, 0.5) is 0 Å². The van der Waals surface area contributed by atoms with Gasteiger partial charge in [0.15, 0.2) is 0 Å². The molecular weight excluding hydrogens is 204 g/mol. The van der Waals surface area contributed by atoms with E-state index in [1.807, 2.05) is 12.3 Å². The highest BCUT2D eigenvalue weighted by Crippen LogP contribution is 2.25. The average molecular weight is 213 g/mol. The molecule has 0 amide bonds. The molecule has 2 aromatic rings. The van der Waals surface area contributed by atoms with Gasteiger partial charge in [-0.05, 0) is 23.4 Å². The zero-order valence-electron chi connectivity index (χ0n) is 6.96. The molecule has 0 aromatic carbocycles. The Bertz CT molecular complexity index is 367. The van der Waals surface area contributed by atoms with E-state index in [0.717, 1.165) is 12.1 Å². The van der Waals surface area contributed by atoms with Crippen molar-refractivity contribution in [1.29, 1.82) is 0 Å².